The highest BCUT2D eigenvalue weighted by molar-refractivity contribution is 6.39. The van der Waals surface area contributed by atoms with Crippen molar-refractivity contribution in [2.75, 3.05) is 24.4 Å². The molecule has 0 bridgehead atoms. The van der Waals surface area contributed by atoms with Gasteiger partial charge in [0.25, 0.3) is 5.91 Å². The summed E-state index contributed by atoms with van der Waals surface area (Å²) in [6, 6.07) is 21.0. The van der Waals surface area contributed by atoms with Gasteiger partial charge in [-0.3, -0.25) is 14.4 Å². The third kappa shape index (κ3) is 7.71. The number of hydrogen-bond acceptors (Lipinski definition) is 6. The molecule has 35 heavy (non-hydrogen) atoms. The molecule has 0 fully saturated rings. The van der Waals surface area contributed by atoms with Crippen LogP contribution in [0.5, 0.6) is 11.5 Å². The number of nitrogens with one attached hydrogen (secondary N) is 3. The highest BCUT2D eigenvalue weighted by Gasteiger charge is 2.13. The van der Waals surface area contributed by atoms with Crippen molar-refractivity contribution in [3.8, 4) is 11.5 Å². The maximum atomic E-state index is 12.2. The minimum atomic E-state index is -0.948. The number of anilines is 2. The second-order valence-corrected chi connectivity index (χ2v) is 7.31. The third-order valence-electron chi connectivity index (χ3n) is 4.83. The lowest BCUT2D eigenvalue weighted by Gasteiger charge is -2.10. The zero-order valence-corrected chi connectivity index (χ0v) is 19.4. The van der Waals surface area contributed by atoms with Crippen molar-refractivity contribution in [2.45, 2.75) is 13.3 Å². The summed E-state index contributed by atoms with van der Waals surface area (Å²) in [5, 5.41) is 9.05. The van der Waals surface area contributed by atoms with Crippen LogP contribution in [0.3, 0.4) is 0 Å². The van der Waals surface area contributed by atoms with Crippen LogP contribution in [0.1, 0.15) is 18.1 Å². The summed E-state index contributed by atoms with van der Waals surface area (Å²) in [6.07, 6.45) is 2.25. The van der Waals surface area contributed by atoms with E-state index in [2.05, 4.69) is 28.1 Å². The second-order valence-electron chi connectivity index (χ2n) is 7.31. The Hall–Kier alpha value is -4.66. The molecule has 3 N–H and O–H groups in total. The molecular weight excluding hydrogens is 448 g/mol. The molecule has 0 aromatic heterocycles. The molecular formula is C26H26N4O5. The predicted octanol–water partition coefficient (Wildman–Crippen LogP) is 3.36. The molecule has 0 radical (unpaired) electrons. The first-order valence-corrected chi connectivity index (χ1v) is 10.9. The lowest BCUT2D eigenvalue weighted by Crippen LogP contribution is -2.32. The van der Waals surface area contributed by atoms with E-state index in [9.17, 15) is 14.4 Å². The van der Waals surface area contributed by atoms with E-state index in [0.29, 0.717) is 28.4 Å². The Morgan fingerprint density at radius 1 is 0.886 bits per heavy atom. The van der Waals surface area contributed by atoms with E-state index in [-0.39, 0.29) is 12.5 Å². The van der Waals surface area contributed by atoms with Gasteiger partial charge < -0.3 is 20.1 Å². The molecule has 180 valence electrons. The molecule has 0 aliphatic carbocycles. The van der Waals surface area contributed by atoms with E-state index in [1.54, 1.807) is 48.5 Å². The van der Waals surface area contributed by atoms with Crippen LogP contribution in [0.2, 0.25) is 0 Å². The van der Waals surface area contributed by atoms with Crippen molar-refractivity contribution in [2.24, 2.45) is 5.10 Å². The third-order valence-corrected chi connectivity index (χ3v) is 4.83. The van der Waals surface area contributed by atoms with Gasteiger partial charge in [0, 0.05) is 23.0 Å². The topological polar surface area (TPSA) is 118 Å². The first-order valence-electron chi connectivity index (χ1n) is 10.9. The van der Waals surface area contributed by atoms with Crippen molar-refractivity contribution in [1.82, 2.24) is 5.43 Å². The molecule has 0 aliphatic heterocycles. The molecule has 3 aromatic carbocycles. The molecule has 3 aromatic rings. The SMILES string of the molecule is CCc1ccc(NC(=O)COc2ccccc2/C=N\NC(=O)C(=O)Nc2cccc(OC)c2)cc1. The molecule has 3 rings (SSSR count). The Labute approximate surface area is 203 Å². The summed E-state index contributed by atoms with van der Waals surface area (Å²) in [5.41, 5.74) is 4.95. The molecule has 0 spiro atoms. The molecule has 3 amide bonds. The molecule has 0 aliphatic rings. The van der Waals surface area contributed by atoms with Crippen molar-refractivity contribution in [1.29, 1.82) is 0 Å². The van der Waals surface area contributed by atoms with Crippen molar-refractivity contribution in [3.63, 3.8) is 0 Å². The van der Waals surface area contributed by atoms with Gasteiger partial charge in [0.2, 0.25) is 0 Å². The number of hydrazone groups is 1. The summed E-state index contributed by atoms with van der Waals surface area (Å²) in [7, 11) is 1.50. The van der Waals surface area contributed by atoms with Gasteiger partial charge in [0.1, 0.15) is 11.5 Å². The number of hydrogen-bond donors (Lipinski definition) is 3. The summed E-state index contributed by atoms with van der Waals surface area (Å²) >= 11 is 0. The largest absolute Gasteiger partial charge is 0.497 e. The minimum Gasteiger partial charge on any atom is -0.497 e. The number of carbonyl (C=O) groups excluding carboxylic acids is 3. The Morgan fingerprint density at radius 2 is 1.66 bits per heavy atom. The lowest BCUT2D eigenvalue weighted by atomic mass is 10.1. The number of aryl methyl sites for hydroxylation is 1. The van der Waals surface area contributed by atoms with E-state index < -0.39 is 11.8 Å². The standard InChI is InChI=1S/C26H26N4O5/c1-3-18-11-13-20(14-12-18)28-24(31)17-35-23-10-5-4-7-19(23)16-27-30-26(33)25(32)29-21-8-6-9-22(15-21)34-2/h4-16H,3,17H2,1-2H3,(H,28,31)(H,29,32)(H,30,33)/b27-16-. The maximum Gasteiger partial charge on any atom is 0.329 e. The summed E-state index contributed by atoms with van der Waals surface area (Å²) in [4.78, 5) is 36.4. The zero-order valence-electron chi connectivity index (χ0n) is 19.4. The van der Waals surface area contributed by atoms with Gasteiger partial charge >= 0.3 is 11.8 Å². The first kappa shape index (κ1) is 25.0. The van der Waals surface area contributed by atoms with E-state index in [4.69, 9.17) is 9.47 Å². The number of para-hydroxylation sites is 1. The average molecular weight is 475 g/mol. The van der Waals surface area contributed by atoms with Gasteiger partial charge in [-0.2, -0.15) is 5.10 Å². The highest BCUT2D eigenvalue weighted by atomic mass is 16.5. The number of nitrogens with zero attached hydrogens (tertiary/aromatic N) is 1. The van der Waals surface area contributed by atoms with Crippen molar-refractivity contribution < 1.29 is 23.9 Å². The van der Waals surface area contributed by atoms with Crippen LogP contribution in [0, 0.1) is 0 Å². The fourth-order valence-electron chi connectivity index (χ4n) is 2.98. The summed E-state index contributed by atoms with van der Waals surface area (Å²) in [5.74, 6) is -1.22. The van der Waals surface area contributed by atoms with Crippen LogP contribution in [-0.4, -0.2) is 37.7 Å². The van der Waals surface area contributed by atoms with E-state index in [1.807, 2.05) is 24.3 Å². The average Bonchev–Trinajstić information content (AvgIpc) is 2.88. The Balaban J connectivity index is 1.52. The molecule has 0 unspecified atom stereocenters. The number of ether oxygens (including phenoxy) is 2. The van der Waals surface area contributed by atoms with Crippen molar-refractivity contribution >= 4 is 35.3 Å². The number of carbonyl (C=O) groups is 3. The molecule has 9 nitrogen and oxygen atoms in total. The second kappa shape index (κ2) is 12.5. The Kier molecular flexibility index (Phi) is 8.95. The minimum absolute atomic E-state index is 0.213. The van der Waals surface area contributed by atoms with E-state index in [0.717, 1.165) is 6.42 Å². The summed E-state index contributed by atoms with van der Waals surface area (Å²) < 4.78 is 10.7. The van der Waals surface area contributed by atoms with Crippen LogP contribution < -0.4 is 25.5 Å². The van der Waals surface area contributed by atoms with Crippen LogP contribution >= 0.6 is 0 Å². The lowest BCUT2D eigenvalue weighted by molar-refractivity contribution is -0.136. The van der Waals surface area contributed by atoms with Crippen LogP contribution in [0.4, 0.5) is 11.4 Å². The van der Waals surface area contributed by atoms with Gasteiger partial charge in [-0.25, -0.2) is 5.43 Å². The molecule has 0 saturated carbocycles. The van der Waals surface area contributed by atoms with Gasteiger partial charge in [-0.15, -0.1) is 0 Å². The predicted molar refractivity (Wildman–Crippen MR) is 134 cm³/mol. The first-order chi connectivity index (χ1) is 17.0. The zero-order chi connectivity index (χ0) is 25.0. The molecule has 0 saturated heterocycles. The fraction of sp³-hybridized carbons (Fsp3) is 0.154. The molecule has 9 heteroatoms. The maximum absolute atomic E-state index is 12.2. The van der Waals surface area contributed by atoms with Gasteiger partial charge in [-0.05, 0) is 48.4 Å². The van der Waals surface area contributed by atoms with Crippen molar-refractivity contribution in [3.05, 3.63) is 83.9 Å². The van der Waals surface area contributed by atoms with Crippen LogP contribution in [0.15, 0.2) is 77.9 Å². The molecule has 0 atom stereocenters. The van der Waals surface area contributed by atoms with Crippen LogP contribution in [0.25, 0.3) is 0 Å². The number of methoxy groups -OCH3 is 1. The van der Waals surface area contributed by atoms with E-state index in [1.165, 1.54) is 18.9 Å². The highest BCUT2D eigenvalue weighted by Crippen LogP contribution is 2.17. The number of amides is 3. The smallest absolute Gasteiger partial charge is 0.329 e. The van der Waals surface area contributed by atoms with Gasteiger partial charge in [0.05, 0.1) is 13.3 Å². The number of benzene rings is 3. The number of rotatable bonds is 9. The Bertz CT molecular complexity index is 1210. The quantitative estimate of drug-likeness (QED) is 0.250. The van der Waals surface area contributed by atoms with Crippen LogP contribution in [-0.2, 0) is 20.8 Å². The van der Waals surface area contributed by atoms with E-state index >= 15 is 0 Å². The fourth-order valence-corrected chi connectivity index (χ4v) is 2.98. The summed E-state index contributed by atoms with van der Waals surface area (Å²) in [6.45, 7) is 1.85. The van der Waals surface area contributed by atoms with Gasteiger partial charge in [0.15, 0.2) is 6.61 Å². The molecule has 0 heterocycles. The Morgan fingerprint density at radius 3 is 2.40 bits per heavy atom. The monoisotopic (exact) mass is 474 g/mol. The van der Waals surface area contributed by atoms with Gasteiger partial charge in [-0.1, -0.05) is 37.3 Å². The normalized spacial score (nSPS) is 10.5.